The van der Waals surface area contributed by atoms with E-state index in [2.05, 4.69) is 15.2 Å². The number of rotatable bonds is 7. The molecular weight excluding hydrogens is 521 g/mol. The zero-order valence-electron chi connectivity index (χ0n) is 20.3. The van der Waals surface area contributed by atoms with Crippen molar-refractivity contribution in [3.63, 3.8) is 0 Å². The van der Waals surface area contributed by atoms with E-state index in [4.69, 9.17) is 4.74 Å². The predicted molar refractivity (Wildman–Crippen MR) is 123 cm³/mol. The van der Waals surface area contributed by atoms with Crippen molar-refractivity contribution in [2.24, 2.45) is 0 Å². The molecule has 3 unspecified atom stereocenters. The summed E-state index contributed by atoms with van der Waals surface area (Å²) < 4.78 is 100.0. The number of aromatic nitrogens is 3. The van der Waals surface area contributed by atoms with Crippen LogP contribution in [0.4, 0.5) is 30.7 Å². The third-order valence-electron chi connectivity index (χ3n) is 6.79. The van der Waals surface area contributed by atoms with Gasteiger partial charge >= 0.3 is 18.0 Å². The van der Waals surface area contributed by atoms with Crippen LogP contribution in [-0.2, 0) is 23.6 Å². The number of benzene rings is 2. The molecule has 38 heavy (non-hydrogen) atoms. The van der Waals surface area contributed by atoms with Gasteiger partial charge in [-0.05, 0) is 68.3 Å². The van der Waals surface area contributed by atoms with Crippen molar-refractivity contribution in [2.75, 3.05) is 7.05 Å². The minimum absolute atomic E-state index is 0.0808. The Morgan fingerprint density at radius 3 is 2.16 bits per heavy atom. The first kappa shape index (κ1) is 27.8. The molecule has 0 spiro atoms. The van der Waals surface area contributed by atoms with Crippen LogP contribution in [0.5, 0.6) is 0 Å². The first-order valence-electron chi connectivity index (χ1n) is 11.8. The number of hydrogen-bond acceptors (Lipinski definition) is 4. The van der Waals surface area contributed by atoms with Gasteiger partial charge in [0.15, 0.2) is 0 Å². The molecule has 0 saturated heterocycles. The molecule has 0 radical (unpaired) electrons. The van der Waals surface area contributed by atoms with Gasteiger partial charge in [0, 0.05) is 12.0 Å². The molecule has 206 valence electrons. The number of hydrogen-bond donors (Lipinski definition) is 2. The second kappa shape index (κ2) is 10.5. The fourth-order valence-electron chi connectivity index (χ4n) is 5.00. The number of halogens is 7. The Balaban J connectivity index is 1.63. The maximum absolute atomic E-state index is 13.6. The van der Waals surface area contributed by atoms with Crippen LogP contribution in [0, 0.1) is 5.82 Å². The molecular formula is C25H25F7N4O2. The summed E-state index contributed by atoms with van der Waals surface area (Å²) in [6, 6.07) is 6.92. The second-order valence-electron chi connectivity index (χ2n) is 9.42. The Kier molecular flexibility index (Phi) is 7.71. The Morgan fingerprint density at radius 1 is 1.03 bits per heavy atom. The molecule has 3 aromatic rings. The van der Waals surface area contributed by atoms with Crippen molar-refractivity contribution in [3.8, 4) is 0 Å². The highest BCUT2D eigenvalue weighted by Crippen LogP contribution is 2.43. The van der Waals surface area contributed by atoms with Crippen molar-refractivity contribution in [1.29, 1.82) is 0 Å². The Morgan fingerprint density at radius 2 is 1.63 bits per heavy atom. The summed E-state index contributed by atoms with van der Waals surface area (Å²) in [5.41, 5.74) is -2.84. The van der Waals surface area contributed by atoms with E-state index in [1.165, 1.54) is 19.1 Å². The molecule has 13 heteroatoms. The topological polar surface area (TPSA) is 74.0 Å². The Labute approximate surface area is 212 Å². The standard InChI is InChI=1S/C25H25F7N4O2/c1-13(15-9-16(24(27,28)29)11-17(10-15)25(30,31)32)38-20-8-7-19(22(20)14-3-5-18(26)6-4-14)36(2)12-21-33-23(37)35-34-21/h3-6,9-11,13,19-20,22H,7-8,12H2,1-2H3,(H2,33,34,35,37)/t13-,19?,20?,22?/m1/s1. The molecule has 6 nitrogen and oxygen atoms in total. The van der Waals surface area contributed by atoms with Crippen molar-refractivity contribution >= 4 is 0 Å². The number of nitrogens with one attached hydrogen (secondary N) is 2. The van der Waals surface area contributed by atoms with Crippen molar-refractivity contribution in [1.82, 2.24) is 20.1 Å². The molecule has 1 aromatic heterocycles. The van der Waals surface area contributed by atoms with Crippen LogP contribution in [0.25, 0.3) is 0 Å². The number of alkyl halides is 6. The monoisotopic (exact) mass is 546 g/mol. The summed E-state index contributed by atoms with van der Waals surface area (Å²) >= 11 is 0. The van der Waals surface area contributed by atoms with E-state index < -0.39 is 47.2 Å². The number of nitrogens with zero attached hydrogens (tertiary/aromatic N) is 2. The normalized spacial score (nSPS) is 21.3. The lowest BCUT2D eigenvalue weighted by Gasteiger charge is -2.33. The summed E-state index contributed by atoms with van der Waals surface area (Å²) in [5, 5.41) is 6.18. The van der Waals surface area contributed by atoms with E-state index in [-0.39, 0.29) is 30.1 Å². The van der Waals surface area contributed by atoms with Crippen LogP contribution in [0.2, 0.25) is 0 Å². The van der Waals surface area contributed by atoms with E-state index in [1.807, 2.05) is 4.90 Å². The first-order valence-corrected chi connectivity index (χ1v) is 11.8. The number of aromatic amines is 2. The number of ether oxygens (including phenoxy) is 1. The summed E-state index contributed by atoms with van der Waals surface area (Å²) in [6.45, 7) is 1.66. The summed E-state index contributed by atoms with van der Waals surface area (Å²) in [4.78, 5) is 15.9. The van der Waals surface area contributed by atoms with Gasteiger partial charge in [0.25, 0.3) is 0 Å². The molecule has 4 rings (SSSR count). The summed E-state index contributed by atoms with van der Waals surface area (Å²) in [7, 11) is 1.79. The SMILES string of the molecule is C[C@@H](OC1CCC(N(C)Cc2n[nH]c(=O)[nH]2)C1c1ccc(F)cc1)c1cc(C(F)(F)F)cc(C(F)(F)F)c1. The molecule has 1 fully saturated rings. The van der Waals surface area contributed by atoms with Gasteiger partial charge in [0.1, 0.15) is 11.6 Å². The fourth-order valence-corrected chi connectivity index (χ4v) is 5.00. The number of H-pyrrole nitrogens is 2. The van der Waals surface area contributed by atoms with Crippen LogP contribution >= 0.6 is 0 Å². The highest BCUT2D eigenvalue weighted by atomic mass is 19.4. The predicted octanol–water partition coefficient (Wildman–Crippen LogP) is 5.80. The van der Waals surface area contributed by atoms with E-state index in [1.54, 1.807) is 19.2 Å². The maximum Gasteiger partial charge on any atom is 0.416 e. The zero-order valence-corrected chi connectivity index (χ0v) is 20.3. The van der Waals surface area contributed by atoms with Crippen LogP contribution in [0.15, 0.2) is 47.3 Å². The van der Waals surface area contributed by atoms with E-state index in [0.29, 0.717) is 36.4 Å². The molecule has 0 amide bonds. The zero-order chi connectivity index (χ0) is 27.8. The second-order valence-corrected chi connectivity index (χ2v) is 9.42. The molecule has 1 aliphatic carbocycles. The average molecular weight is 546 g/mol. The molecule has 2 aromatic carbocycles. The van der Waals surface area contributed by atoms with Gasteiger partial charge in [-0.3, -0.25) is 9.88 Å². The third kappa shape index (κ3) is 6.26. The van der Waals surface area contributed by atoms with Crippen molar-refractivity contribution in [3.05, 3.63) is 86.8 Å². The smallest absolute Gasteiger partial charge is 0.370 e. The largest absolute Gasteiger partial charge is 0.416 e. The van der Waals surface area contributed by atoms with E-state index >= 15 is 0 Å². The molecule has 1 heterocycles. The van der Waals surface area contributed by atoms with Crippen molar-refractivity contribution < 1.29 is 35.5 Å². The lowest BCUT2D eigenvalue weighted by molar-refractivity contribution is -0.143. The van der Waals surface area contributed by atoms with E-state index in [9.17, 15) is 35.5 Å². The number of likely N-dealkylation sites (N-methyl/N-ethyl adjacent to an activating group) is 1. The summed E-state index contributed by atoms with van der Waals surface area (Å²) in [5.74, 6) is -0.460. The Hall–Kier alpha value is -3.19. The summed E-state index contributed by atoms with van der Waals surface area (Å²) in [6.07, 6.45) is -10.6. The molecule has 4 atom stereocenters. The van der Waals surface area contributed by atoms with Gasteiger partial charge in [0.05, 0.1) is 29.9 Å². The minimum atomic E-state index is -4.97. The molecule has 2 N–H and O–H groups in total. The van der Waals surface area contributed by atoms with Crippen LogP contribution in [-0.4, -0.2) is 39.3 Å². The Bertz CT molecular complexity index is 1270. The van der Waals surface area contributed by atoms with Crippen molar-refractivity contribution in [2.45, 2.75) is 62.8 Å². The van der Waals surface area contributed by atoms with E-state index in [0.717, 1.165) is 0 Å². The lowest BCUT2D eigenvalue weighted by Crippen LogP contribution is -2.36. The van der Waals surface area contributed by atoms with Crippen LogP contribution in [0.3, 0.4) is 0 Å². The highest BCUT2D eigenvalue weighted by Gasteiger charge is 2.42. The maximum atomic E-state index is 13.6. The molecule has 0 aliphatic heterocycles. The van der Waals surface area contributed by atoms with Crippen LogP contribution < -0.4 is 5.69 Å². The van der Waals surface area contributed by atoms with Gasteiger partial charge in [0.2, 0.25) is 0 Å². The van der Waals surface area contributed by atoms with Crippen LogP contribution in [0.1, 0.15) is 59.9 Å². The van der Waals surface area contributed by atoms with Gasteiger partial charge < -0.3 is 4.74 Å². The van der Waals surface area contributed by atoms with Gasteiger partial charge in [-0.15, -0.1) is 0 Å². The van der Waals surface area contributed by atoms with Gasteiger partial charge in [-0.25, -0.2) is 14.3 Å². The quantitative estimate of drug-likeness (QED) is 0.368. The highest BCUT2D eigenvalue weighted by molar-refractivity contribution is 5.35. The molecule has 0 bridgehead atoms. The average Bonchev–Trinajstić information content (AvgIpc) is 3.44. The third-order valence-corrected chi connectivity index (χ3v) is 6.79. The lowest BCUT2D eigenvalue weighted by atomic mass is 9.91. The molecule has 1 aliphatic rings. The fraction of sp³-hybridized carbons (Fsp3) is 0.440. The first-order chi connectivity index (χ1) is 17.7. The molecule has 1 saturated carbocycles. The van der Waals surface area contributed by atoms with Gasteiger partial charge in [-0.2, -0.15) is 31.4 Å². The van der Waals surface area contributed by atoms with Gasteiger partial charge in [-0.1, -0.05) is 12.1 Å². The minimum Gasteiger partial charge on any atom is -0.370 e.